The number of ether oxygens (including phenoxy) is 1. The first kappa shape index (κ1) is 38.5. The first-order valence-electron chi connectivity index (χ1n) is 18.9. The minimum atomic E-state index is -4.92. The van der Waals surface area contributed by atoms with Gasteiger partial charge in [-0.15, -0.1) is 13.2 Å². The van der Waals surface area contributed by atoms with E-state index in [9.17, 15) is 27.6 Å². The molecule has 57 heavy (non-hydrogen) atoms. The van der Waals surface area contributed by atoms with Gasteiger partial charge in [0.2, 0.25) is 11.8 Å². The number of rotatable bonds is 9. The number of nitrogens with one attached hydrogen (secondary N) is 2. The summed E-state index contributed by atoms with van der Waals surface area (Å²) in [5.74, 6) is -4.98. The van der Waals surface area contributed by atoms with Crippen molar-refractivity contribution in [2.75, 3.05) is 25.0 Å². The summed E-state index contributed by atoms with van der Waals surface area (Å²) in [6.45, 7) is 1.84. The summed E-state index contributed by atoms with van der Waals surface area (Å²) in [4.78, 5) is 44.2. The van der Waals surface area contributed by atoms with Gasteiger partial charge in [-0.25, -0.2) is 8.78 Å². The normalized spacial score (nSPS) is 20.9. The molecule has 4 aliphatic rings. The minimum Gasteiger partial charge on any atom is -0.405 e. The number of likely N-dealkylation sites (tertiary alicyclic amines) is 1. The molecule has 15 heteroatoms. The molecule has 0 radical (unpaired) electrons. The van der Waals surface area contributed by atoms with Crippen molar-refractivity contribution < 1.29 is 36.3 Å². The first-order valence-corrected chi connectivity index (χ1v) is 18.9. The van der Waals surface area contributed by atoms with Crippen molar-refractivity contribution in [3.8, 4) is 16.9 Å². The van der Waals surface area contributed by atoms with Crippen molar-refractivity contribution in [3.05, 3.63) is 116 Å². The smallest absolute Gasteiger partial charge is 0.405 e. The number of fused-ring (bicyclic) bond motifs is 2. The molecule has 1 aromatic heterocycles. The van der Waals surface area contributed by atoms with Crippen LogP contribution in [0.25, 0.3) is 11.1 Å². The number of amides is 2. The van der Waals surface area contributed by atoms with Crippen molar-refractivity contribution in [1.29, 1.82) is 0 Å². The number of carbonyl (C=O) groups excluding carboxylic acids is 2. The lowest BCUT2D eigenvalue weighted by atomic mass is 9.85. The molecule has 0 aliphatic carbocycles. The number of aliphatic imine (C=N–C) groups is 1. The van der Waals surface area contributed by atoms with Crippen LogP contribution in [0.15, 0.2) is 76.6 Å². The van der Waals surface area contributed by atoms with Crippen LogP contribution in [0.5, 0.6) is 5.75 Å². The van der Waals surface area contributed by atoms with Crippen molar-refractivity contribution in [2.45, 2.75) is 76.1 Å². The van der Waals surface area contributed by atoms with Gasteiger partial charge in [-0.3, -0.25) is 34.5 Å². The lowest BCUT2D eigenvalue weighted by Gasteiger charge is -2.39. The third kappa shape index (κ3) is 8.21. The van der Waals surface area contributed by atoms with Crippen molar-refractivity contribution in [3.63, 3.8) is 0 Å². The molecule has 0 spiro atoms. The van der Waals surface area contributed by atoms with Gasteiger partial charge < -0.3 is 14.6 Å². The second kappa shape index (κ2) is 15.2. The molecule has 5 heterocycles. The van der Waals surface area contributed by atoms with E-state index in [1.807, 2.05) is 23.1 Å². The molecule has 298 valence electrons. The number of aromatic nitrogens is 1. The maximum Gasteiger partial charge on any atom is 0.573 e. The van der Waals surface area contributed by atoms with Crippen LogP contribution < -0.4 is 20.9 Å². The molecule has 3 aromatic carbocycles. The zero-order chi connectivity index (χ0) is 40.1. The van der Waals surface area contributed by atoms with Gasteiger partial charge in [0.1, 0.15) is 11.8 Å². The van der Waals surface area contributed by atoms with E-state index in [0.717, 1.165) is 16.7 Å². The van der Waals surface area contributed by atoms with Crippen LogP contribution in [-0.4, -0.2) is 70.4 Å². The summed E-state index contributed by atoms with van der Waals surface area (Å²) in [6.07, 6.45) is -0.289. The summed E-state index contributed by atoms with van der Waals surface area (Å²) in [7, 11) is 1.60. The lowest BCUT2D eigenvalue weighted by molar-refractivity contribution is -0.275. The number of benzene rings is 3. The molecule has 2 atom stereocenters. The molecule has 4 aliphatic heterocycles. The van der Waals surface area contributed by atoms with E-state index < -0.39 is 36.7 Å². The molecular weight excluding hydrogens is 747 g/mol. The quantitative estimate of drug-likeness (QED) is 0.152. The number of halogens is 5. The predicted molar refractivity (Wildman–Crippen MR) is 203 cm³/mol. The number of hydrogen-bond donors (Lipinski definition) is 2. The number of aryl methyl sites for hydroxylation is 1. The topological polar surface area (TPSA) is 108 Å². The molecule has 2 fully saturated rings. The Balaban J connectivity index is 0.926. The summed E-state index contributed by atoms with van der Waals surface area (Å²) in [5.41, 5.74) is 6.47. The highest BCUT2D eigenvalue weighted by Gasteiger charge is 2.45. The van der Waals surface area contributed by atoms with Crippen LogP contribution in [0.4, 0.5) is 27.6 Å². The third-order valence-corrected chi connectivity index (χ3v) is 11.4. The van der Waals surface area contributed by atoms with Gasteiger partial charge in [-0.2, -0.15) is 0 Å². The average Bonchev–Trinajstić information content (AvgIpc) is 3.65. The van der Waals surface area contributed by atoms with Crippen molar-refractivity contribution in [2.24, 2.45) is 12.0 Å². The second-order valence-electron chi connectivity index (χ2n) is 15.3. The number of carbonyl (C=O) groups is 2. The monoisotopic (exact) mass is 788 g/mol. The highest BCUT2D eigenvalue weighted by atomic mass is 19.4. The predicted octanol–water partition coefficient (Wildman–Crippen LogP) is 6.28. The van der Waals surface area contributed by atoms with Crippen LogP contribution in [0.2, 0.25) is 0 Å². The Kier molecular flexibility index (Phi) is 10.2. The van der Waals surface area contributed by atoms with Gasteiger partial charge in [0.25, 0.3) is 11.5 Å². The molecule has 2 amide bonds. The van der Waals surface area contributed by atoms with E-state index in [0.29, 0.717) is 78.1 Å². The zero-order valence-electron chi connectivity index (χ0n) is 31.2. The standard InChI is InChI=1S/C42H41F5N6O4/c1-51-23-34(32-18-48-19-33(32)40(51)56)26-5-6-29(37(17-26)57-42(45,46)47)22-52-15-13-31-27(20-52)3-2-4-28(31)21-53-16-14-35(41(43,44)24-53)25-7-9-30(10-8-25)49-36-11-12-38(54)50-39(36)55/h2-10,17-18,23,35-36,49H,11-16,19-22,24H2,1H3,(H,50,54,55). The van der Waals surface area contributed by atoms with E-state index in [-0.39, 0.29) is 43.1 Å². The van der Waals surface area contributed by atoms with Gasteiger partial charge in [0, 0.05) is 80.0 Å². The van der Waals surface area contributed by atoms with Crippen molar-refractivity contribution >= 4 is 23.7 Å². The van der Waals surface area contributed by atoms with Crippen LogP contribution in [0, 0.1) is 0 Å². The van der Waals surface area contributed by atoms with E-state index >= 15 is 8.78 Å². The highest BCUT2D eigenvalue weighted by Crippen LogP contribution is 2.42. The molecule has 2 saturated heterocycles. The van der Waals surface area contributed by atoms with Gasteiger partial charge >= 0.3 is 6.36 Å². The Morgan fingerprint density at radius 3 is 2.47 bits per heavy atom. The average molecular weight is 789 g/mol. The Bertz CT molecular complexity index is 2310. The summed E-state index contributed by atoms with van der Waals surface area (Å²) < 4.78 is 78.6. The largest absolute Gasteiger partial charge is 0.573 e. The Morgan fingerprint density at radius 1 is 0.930 bits per heavy atom. The number of piperidine rings is 2. The van der Waals surface area contributed by atoms with Crippen LogP contribution in [-0.2, 0) is 49.2 Å². The molecule has 10 nitrogen and oxygen atoms in total. The fraction of sp³-hybridized carbons (Fsp3) is 0.381. The Labute approximate surface area is 325 Å². The summed E-state index contributed by atoms with van der Waals surface area (Å²) in [5, 5.41) is 5.38. The Morgan fingerprint density at radius 2 is 1.72 bits per heavy atom. The van der Waals surface area contributed by atoms with Gasteiger partial charge in [-0.1, -0.05) is 42.5 Å². The van der Waals surface area contributed by atoms with Crippen LogP contribution in [0.1, 0.15) is 64.1 Å². The maximum absolute atomic E-state index is 15.8. The number of alkyl halides is 5. The van der Waals surface area contributed by atoms with Gasteiger partial charge in [0.15, 0.2) is 0 Å². The molecule has 2 unspecified atom stereocenters. The lowest BCUT2D eigenvalue weighted by Crippen LogP contribution is -2.47. The molecule has 8 rings (SSSR count). The fourth-order valence-electron chi connectivity index (χ4n) is 8.56. The zero-order valence-corrected chi connectivity index (χ0v) is 31.2. The number of pyridine rings is 1. The van der Waals surface area contributed by atoms with Crippen LogP contribution >= 0.6 is 0 Å². The SMILES string of the molecule is Cn1cc(-c2ccc(CN3CCc4c(cccc4CN4CCC(c5ccc(NC6CCC(=O)NC6=O)cc5)C(F)(F)C4)C3)c(OC(F)(F)F)c2)c2c(c1=O)CN=C2. The third-order valence-electron chi connectivity index (χ3n) is 11.4. The molecular formula is C42H41F5N6O4. The van der Waals surface area contributed by atoms with Crippen molar-refractivity contribution in [1.82, 2.24) is 19.7 Å². The summed E-state index contributed by atoms with van der Waals surface area (Å²) >= 11 is 0. The minimum absolute atomic E-state index is 0.190. The summed E-state index contributed by atoms with van der Waals surface area (Å²) in [6, 6.07) is 16.7. The number of nitrogens with zero attached hydrogens (tertiary/aromatic N) is 4. The van der Waals surface area contributed by atoms with Crippen LogP contribution in [0.3, 0.4) is 0 Å². The van der Waals surface area contributed by atoms with Gasteiger partial charge in [0.05, 0.1) is 19.0 Å². The maximum atomic E-state index is 15.8. The van der Waals surface area contributed by atoms with E-state index in [4.69, 9.17) is 0 Å². The molecule has 2 N–H and O–H groups in total. The van der Waals surface area contributed by atoms with E-state index in [1.54, 1.807) is 60.8 Å². The van der Waals surface area contributed by atoms with Gasteiger partial charge in [-0.05, 0) is 71.8 Å². The number of anilines is 1. The Hall–Kier alpha value is -5.41. The first-order chi connectivity index (χ1) is 27.2. The molecule has 0 bridgehead atoms. The highest BCUT2D eigenvalue weighted by molar-refractivity contribution is 6.01. The number of imide groups is 1. The van der Waals surface area contributed by atoms with E-state index in [2.05, 4.69) is 20.4 Å². The van der Waals surface area contributed by atoms with E-state index in [1.165, 1.54) is 10.6 Å². The molecule has 0 saturated carbocycles. The second-order valence-corrected chi connectivity index (χ2v) is 15.3. The fourth-order valence-corrected chi connectivity index (χ4v) is 8.56. The molecule has 4 aromatic rings. The number of hydrogen-bond acceptors (Lipinski definition) is 8.